The van der Waals surface area contributed by atoms with Gasteiger partial charge < -0.3 is 10.2 Å². The molecule has 2 aromatic rings. The zero-order valence-corrected chi connectivity index (χ0v) is 18.6. The standard InChI is InChI=1S/C24H27ClN2O2S/c25-20-12-11-18(22(28)27-15-7-2-8-16-27)17-21(20)26-23(29)24(13-5-6-14-24)30-19-9-3-1-4-10-19/h1,3-4,9-12,17H,2,5-8,13-16H2,(H,26,29). The third kappa shape index (κ3) is 4.68. The Morgan fingerprint density at radius 1 is 0.933 bits per heavy atom. The number of rotatable bonds is 5. The van der Waals surface area contributed by atoms with Crippen LogP contribution >= 0.6 is 23.4 Å². The summed E-state index contributed by atoms with van der Waals surface area (Å²) in [6.45, 7) is 1.58. The van der Waals surface area contributed by atoms with Crippen LogP contribution in [0.1, 0.15) is 55.3 Å². The molecule has 1 saturated heterocycles. The van der Waals surface area contributed by atoms with Gasteiger partial charge in [-0.15, -0.1) is 11.8 Å². The summed E-state index contributed by atoms with van der Waals surface area (Å²) in [6, 6.07) is 15.2. The minimum atomic E-state index is -0.502. The minimum Gasteiger partial charge on any atom is -0.339 e. The molecule has 1 heterocycles. The molecule has 6 heteroatoms. The van der Waals surface area contributed by atoms with E-state index in [9.17, 15) is 9.59 Å². The summed E-state index contributed by atoms with van der Waals surface area (Å²) < 4.78 is -0.502. The lowest BCUT2D eigenvalue weighted by Gasteiger charge is -2.28. The van der Waals surface area contributed by atoms with Gasteiger partial charge in [0.1, 0.15) is 0 Å². The molecule has 4 rings (SSSR count). The zero-order chi connectivity index (χ0) is 21.0. The predicted octanol–water partition coefficient (Wildman–Crippen LogP) is 6.01. The van der Waals surface area contributed by atoms with Crippen LogP contribution in [0.3, 0.4) is 0 Å². The summed E-state index contributed by atoms with van der Waals surface area (Å²) in [5, 5.41) is 3.50. The number of piperidine rings is 1. The fourth-order valence-electron chi connectivity index (χ4n) is 4.31. The van der Waals surface area contributed by atoms with Gasteiger partial charge in [-0.2, -0.15) is 0 Å². The molecule has 30 heavy (non-hydrogen) atoms. The number of thioether (sulfide) groups is 1. The summed E-state index contributed by atoms with van der Waals surface area (Å²) in [7, 11) is 0. The van der Waals surface area contributed by atoms with E-state index in [2.05, 4.69) is 5.32 Å². The van der Waals surface area contributed by atoms with Crippen molar-refractivity contribution in [1.82, 2.24) is 4.90 Å². The third-order valence-corrected chi connectivity index (χ3v) is 7.81. The number of nitrogens with zero attached hydrogens (tertiary/aromatic N) is 1. The molecule has 2 fully saturated rings. The quantitative estimate of drug-likeness (QED) is 0.616. The van der Waals surface area contributed by atoms with E-state index in [0.29, 0.717) is 16.3 Å². The van der Waals surface area contributed by atoms with Crippen molar-refractivity contribution in [2.24, 2.45) is 0 Å². The molecule has 0 spiro atoms. The highest BCUT2D eigenvalue weighted by molar-refractivity contribution is 8.01. The van der Waals surface area contributed by atoms with Gasteiger partial charge in [0.2, 0.25) is 5.91 Å². The van der Waals surface area contributed by atoms with Crippen molar-refractivity contribution in [3.8, 4) is 0 Å². The van der Waals surface area contributed by atoms with Crippen molar-refractivity contribution in [2.45, 2.75) is 54.6 Å². The summed E-state index contributed by atoms with van der Waals surface area (Å²) in [5.41, 5.74) is 1.09. The van der Waals surface area contributed by atoms with Gasteiger partial charge in [0, 0.05) is 23.5 Å². The van der Waals surface area contributed by atoms with Crippen LogP contribution in [0.15, 0.2) is 53.4 Å². The van der Waals surface area contributed by atoms with Crippen LogP contribution in [0.25, 0.3) is 0 Å². The molecule has 1 aliphatic heterocycles. The van der Waals surface area contributed by atoms with E-state index in [1.54, 1.807) is 30.0 Å². The molecule has 0 bridgehead atoms. The van der Waals surface area contributed by atoms with Crippen LogP contribution in [0.4, 0.5) is 5.69 Å². The van der Waals surface area contributed by atoms with Crippen LogP contribution in [-0.4, -0.2) is 34.6 Å². The first-order valence-corrected chi connectivity index (χ1v) is 11.9. The molecule has 0 atom stereocenters. The topological polar surface area (TPSA) is 49.4 Å². The van der Waals surface area contributed by atoms with Gasteiger partial charge in [-0.1, -0.05) is 42.6 Å². The Hall–Kier alpha value is -1.98. The van der Waals surface area contributed by atoms with Gasteiger partial charge in [0.05, 0.1) is 15.5 Å². The molecule has 1 N–H and O–H groups in total. The largest absolute Gasteiger partial charge is 0.339 e. The van der Waals surface area contributed by atoms with Gasteiger partial charge in [-0.05, 0) is 62.4 Å². The zero-order valence-electron chi connectivity index (χ0n) is 17.0. The average molecular weight is 443 g/mol. The molecular formula is C24H27ClN2O2S. The Kier molecular flexibility index (Phi) is 6.69. The smallest absolute Gasteiger partial charge is 0.253 e. The summed E-state index contributed by atoms with van der Waals surface area (Å²) in [5.74, 6) is -0.0190. The van der Waals surface area contributed by atoms with E-state index in [1.165, 1.54) is 6.42 Å². The number of benzene rings is 2. The van der Waals surface area contributed by atoms with Crippen LogP contribution in [0.2, 0.25) is 5.02 Å². The van der Waals surface area contributed by atoms with E-state index >= 15 is 0 Å². The number of carbonyl (C=O) groups excluding carboxylic acids is 2. The average Bonchev–Trinajstić information content (AvgIpc) is 3.26. The molecule has 2 aliphatic rings. The van der Waals surface area contributed by atoms with E-state index in [0.717, 1.165) is 56.5 Å². The summed E-state index contributed by atoms with van der Waals surface area (Å²) >= 11 is 8.03. The molecule has 2 amide bonds. The van der Waals surface area contributed by atoms with Crippen molar-refractivity contribution in [3.05, 3.63) is 59.1 Å². The second-order valence-electron chi connectivity index (χ2n) is 8.12. The molecule has 0 unspecified atom stereocenters. The van der Waals surface area contributed by atoms with Crippen LogP contribution in [0.5, 0.6) is 0 Å². The fraction of sp³-hybridized carbons (Fsp3) is 0.417. The first kappa shape index (κ1) is 21.3. The van der Waals surface area contributed by atoms with Gasteiger partial charge in [-0.25, -0.2) is 0 Å². The maximum absolute atomic E-state index is 13.4. The molecule has 2 aromatic carbocycles. The van der Waals surface area contributed by atoms with Gasteiger partial charge in [-0.3, -0.25) is 9.59 Å². The number of anilines is 1. The highest BCUT2D eigenvalue weighted by atomic mass is 35.5. The first-order valence-electron chi connectivity index (χ1n) is 10.7. The number of amides is 2. The van der Waals surface area contributed by atoms with Crippen molar-refractivity contribution in [2.75, 3.05) is 18.4 Å². The highest BCUT2D eigenvalue weighted by Gasteiger charge is 2.42. The predicted molar refractivity (Wildman–Crippen MR) is 123 cm³/mol. The lowest BCUT2D eigenvalue weighted by atomic mass is 10.1. The number of hydrogen-bond acceptors (Lipinski definition) is 3. The molecular weight excluding hydrogens is 416 g/mol. The Morgan fingerprint density at radius 3 is 2.33 bits per heavy atom. The summed E-state index contributed by atoms with van der Waals surface area (Å²) in [6.07, 6.45) is 7.00. The summed E-state index contributed by atoms with van der Waals surface area (Å²) in [4.78, 5) is 29.2. The van der Waals surface area contributed by atoms with E-state index in [4.69, 9.17) is 11.6 Å². The lowest BCUT2D eigenvalue weighted by molar-refractivity contribution is -0.118. The lowest BCUT2D eigenvalue weighted by Crippen LogP contribution is -2.37. The van der Waals surface area contributed by atoms with Crippen LogP contribution < -0.4 is 5.32 Å². The maximum Gasteiger partial charge on any atom is 0.253 e. The molecule has 0 radical (unpaired) electrons. The van der Waals surface area contributed by atoms with Crippen LogP contribution in [-0.2, 0) is 4.79 Å². The highest BCUT2D eigenvalue weighted by Crippen LogP contribution is 2.46. The number of halogens is 1. The van der Waals surface area contributed by atoms with E-state index < -0.39 is 4.75 Å². The number of hydrogen-bond donors (Lipinski definition) is 1. The molecule has 0 aromatic heterocycles. The van der Waals surface area contributed by atoms with Gasteiger partial charge in [0.15, 0.2) is 0 Å². The Bertz CT molecular complexity index is 907. The molecule has 4 nitrogen and oxygen atoms in total. The Morgan fingerprint density at radius 2 is 1.63 bits per heavy atom. The Labute approximate surface area is 187 Å². The maximum atomic E-state index is 13.4. The number of nitrogens with one attached hydrogen (secondary N) is 1. The third-order valence-electron chi connectivity index (χ3n) is 5.99. The van der Waals surface area contributed by atoms with Crippen molar-refractivity contribution >= 4 is 40.9 Å². The van der Waals surface area contributed by atoms with Crippen LogP contribution in [0, 0.1) is 0 Å². The van der Waals surface area contributed by atoms with Gasteiger partial charge >= 0.3 is 0 Å². The minimum absolute atomic E-state index is 0.0103. The first-order chi connectivity index (χ1) is 14.6. The molecule has 1 aliphatic carbocycles. The van der Waals surface area contributed by atoms with Crippen molar-refractivity contribution < 1.29 is 9.59 Å². The number of likely N-dealkylation sites (tertiary alicyclic amines) is 1. The van der Waals surface area contributed by atoms with Crippen molar-refractivity contribution in [3.63, 3.8) is 0 Å². The molecule has 1 saturated carbocycles. The van der Waals surface area contributed by atoms with E-state index in [1.807, 2.05) is 35.2 Å². The SMILES string of the molecule is O=C(c1ccc(Cl)c(NC(=O)C2(Sc3ccccc3)CCCC2)c1)N1CCCCC1. The second kappa shape index (κ2) is 9.44. The molecule has 158 valence electrons. The van der Waals surface area contributed by atoms with Crippen molar-refractivity contribution in [1.29, 1.82) is 0 Å². The Balaban J connectivity index is 1.53. The second-order valence-corrected chi connectivity index (χ2v) is 9.98. The van der Waals surface area contributed by atoms with E-state index in [-0.39, 0.29) is 11.8 Å². The number of carbonyl (C=O) groups is 2. The van der Waals surface area contributed by atoms with Gasteiger partial charge in [0.25, 0.3) is 5.91 Å². The fourth-order valence-corrected chi connectivity index (χ4v) is 5.85. The normalized spacial score (nSPS) is 18.2. The monoisotopic (exact) mass is 442 g/mol.